The van der Waals surface area contributed by atoms with E-state index in [1.165, 1.54) is 32.5 Å². The number of carbonyl (C=O) groups is 1. The molecule has 1 saturated heterocycles. The highest BCUT2D eigenvalue weighted by Gasteiger charge is 2.19. The van der Waals surface area contributed by atoms with Gasteiger partial charge in [-0.25, -0.2) is 0 Å². The van der Waals surface area contributed by atoms with Crippen LogP contribution in [0.25, 0.3) is 0 Å². The molecule has 0 spiro atoms. The molecule has 0 saturated carbocycles. The maximum absolute atomic E-state index is 11.2. The van der Waals surface area contributed by atoms with E-state index in [0.29, 0.717) is 11.6 Å². The van der Waals surface area contributed by atoms with Crippen molar-refractivity contribution in [2.75, 3.05) is 19.6 Å². The predicted octanol–water partition coefficient (Wildman–Crippen LogP) is 2.00. The van der Waals surface area contributed by atoms with Crippen molar-refractivity contribution in [3.05, 3.63) is 35.4 Å². The van der Waals surface area contributed by atoms with E-state index in [0.717, 1.165) is 18.0 Å². The summed E-state index contributed by atoms with van der Waals surface area (Å²) in [6, 6.07) is 8.14. The highest BCUT2D eigenvalue weighted by Crippen LogP contribution is 2.13. The first kappa shape index (κ1) is 16.0. The Kier molecular flexibility index (Phi) is 5.76. The SMILES string of the molecule is CC(C)CN1CCC(NCc2cccc(C(N)=O)c2)CC1. The first-order valence-electron chi connectivity index (χ1n) is 7.89. The highest BCUT2D eigenvalue weighted by molar-refractivity contribution is 5.92. The summed E-state index contributed by atoms with van der Waals surface area (Å²) in [5.41, 5.74) is 7.02. The molecule has 4 nitrogen and oxygen atoms in total. The van der Waals surface area contributed by atoms with Gasteiger partial charge in [0.15, 0.2) is 0 Å². The lowest BCUT2D eigenvalue weighted by Gasteiger charge is -2.33. The monoisotopic (exact) mass is 289 g/mol. The van der Waals surface area contributed by atoms with Crippen molar-refractivity contribution in [3.8, 4) is 0 Å². The largest absolute Gasteiger partial charge is 0.366 e. The molecular weight excluding hydrogens is 262 g/mol. The van der Waals surface area contributed by atoms with Gasteiger partial charge in [0.1, 0.15) is 0 Å². The number of hydrogen-bond donors (Lipinski definition) is 2. The number of rotatable bonds is 6. The van der Waals surface area contributed by atoms with E-state index >= 15 is 0 Å². The third-order valence-electron chi connectivity index (χ3n) is 4.02. The minimum atomic E-state index is -0.362. The number of hydrogen-bond acceptors (Lipinski definition) is 3. The number of nitrogens with one attached hydrogen (secondary N) is 1. The molecule has 21 heavy (non-hydrogen) atoms. The third-order valence-corrected chi connectivity index (χ3v) is 4.02. The molecule has 1 aliphatic rings. The average Bonchev–Trinajstić information content (AvgIpc) is 2.46. The Morgan fingerprint density at radius 2 is 2.10 bits per heavy atom. The van der Waals surface area contributed by atoms with Crippen LogP contribution in [0.1, 0.15) is 42.6 Å². The smallest absolute Gasteiger partial charge is 0.248 e. The van der Waals surface area contributed by atoms with Gasteiger partial charge in [-0.3, -0.25) is 4.79 Å². The fraction of sp³-hybridized carbons (Fsp3) is 0.588. The first-order chi connectivity index (χ1) is 10.0. The van der Waals surface area contributed by atoms with E-state index in [-0.39, 0.29) is 5.91 Å². The molecule has 2 rings (SSSR count). The first-order valence-corrected chi connectivity index (χ1v) is 7.89. The Hall–Kier alpha value is -1.39. The van der Waals surface area contributed by atoms with Gasteiger partial charge in [-0.1, -0.05) is 26.0 Å². The van der Waals surface area contributed by atoms with Gasteiger partial charge >= 0.3 is 0 Å². The van der Waals surface area contributed by atoms with Crippen molar-refractivity contribution < 1.29 is 4.79 Å². The Labute approximate surface area is 127 Å². The van der Waals surface area contributed by atoms with Gasteiger partial charge in [-0.2, -0.15) is 0 Å². The lowest BCUT2D eigenvalue weighted by atomic mass is 10.0. The number of nitrogens with two attached hydrogens (primary N) is 1. The van der Waals surface area contributed by atoms with Crippen LogP contribution in [0.5, 0.6) is 0 Å². The van der Waals surface area contributed by atoms with Crippen molar-refractivity contribution >= 4 is 5.91 Å². The molecule has 0 bridgehead atoms. The number of likely N-dealkylation sites (tertiary alicyclic amines) is 1. The fourth-order valence-corrected chi connectivity index (χ4v) is 2.93. The van der Waals surface area contributed by atoms with E-state index in [4.69, 9.17) is 5.73 Å². The van der Waals surface area contributed by atoms with E-state index < -0.39 is 0 Å². The molecule has 1 aromatic carbocycles. The third kappa shape index (κ3) is 5.14. The Morgan fingerprint density at radius 1 is 1.38 bits per heavy atom. The van der Waals surface area contributed by atoms with Crippen LogP contribution in [-0.4, -0.2) is 36.5 Å². The number of piperidine rings is 1. The molecule has 1 heterocycles. The summed E-state index contributed by atoms with van der Waals surface area (Å²) in [7, 11) is 0. The molecule has 1 aliphatic heterocycles. The Balaban J connectivity index is 1.77. The van der Waals surface area contributed by atoms with Gasteiger partial charge in [0.05, 0.1) is 0 Å². The quantitative estimate of drug-likeness (QED) is 0.842. The van der Waals surface area contributed by atoms with Crippen molar-refractivity contribution in [1.82, 2.24) is 10.2 Å². The predicted molar refractivity (Wildman–Crippen MR) is 86.1 cm³/mol. The van der Waals surface area contributed by atoms with Gasteiger partial charge in [-0.15, -0.1) is 0 Å². The van der Waals surface area contributed by atoms with E-state index in [1.807, 2.05) is 18.2 Å². The molecule has 0 aromatic heterocycles. The van der Waals surface area contributed by atoms with Crippen molar-refractivity contribution in [2.45, 2.75) is 39.3 Å². The number of nitrogens with zero attached hydrogens (tertiary/aromatic N) is 1. The molecule has 3 N–H and O–H groups in total. The second-order valence-electron chi connectivity index (χ2n) is 6.41. The standard InChI is InChI=1S/C17H27N3O/c1-13(2)12-20-8-6-16(7-9-20)19-11-14-4-3-5-15(10-14)17(18)21/h3-5,10,13,16,19H,6-9,11-12H2,1-2H3,(H2,18,21). The molecule has 1 amide bonds. The maximum Gasteiger partial charge on any atom is 0.248 e. The van der Waals surface area contributed by atoms with Crippen LogP contribution in [0.2, 0.25) is 0 Å². The van der Waals surface area contributed by atoms with Crippen LogP contribution in [0.15, 0.2) is 24.3 Å². The molecule has 116 valence electrons. The summed E-state index contributed by atoms with van der Waals surface area (Å²) in [6.07, 6.45) is 2.39. The van der Waals surface area contributed by atoms with Crippen LogP contribution in [0, 0.1) is 5.92 Å². The molecule has 1 fully saturated rings. The maximum atomic E-state index is 11.2. The van der Waals surface area contributed by atoms with Crippen LogP contribution < -0.4 is 11.1 Å². The summed E-state index contributed by atoms with van der Waals surface area (Å²) >= 11 is 0. The molecule has 4 heteroatoms. The summed E-state index contributed by atoms with van der Waals surface area (Å²) in [5.74, 6) is 0.380. The topological polar surface area (TPSA) is 58.4 Å². The lowest BCUT2D eigenvalue weighted by Crippen LogP contribution is -2.43. The summed E-state index contributed by atoms with van der Waals surface area (Å²) in [6.45, 7) is 8.91. The van der Waals surface area contributed by atoms with Crippen molar-refractivity contribution in [2.24, 2.45) is 11.7 Å². The van der Waals surface area contributed by atoms with Gasteiger partial charge in [0, 0.05) is 24.7 Å². The molecule has 0 unspecified atom stereocenters. The van der Waals surface area contributed by atoms with Crippen LogP contribution in [0.4, 0.5) is 0 Å². The molecule has 1 aromatic rings. The van der Waals surface area contributed by atoms with Crippen LogP contribution in [-0.2, 0) is 6.54 Å². The van der Waals surface area contributed by atoms with E-state index in [1.54, 1.807) is 6.07 Å². The zero-order chi connectivity index (χ0) is 15.2. The van der Waals surface area contributed by atoms with Crippen LogP contribution in [0.3, 0.4) is 0 Å². The Bertz CT molecular complexity index is 465. The second-order valence-corrected chi connectivity index (χ2v) is 6.41. The molecule has 0 aliphatic carbocycles. The average molecular weight is 289 g/mol. The van der Waals surface area contributed by atoms with Gasteiger partial charge in [0.25, 0.3) is 0 Å². The van der Waals surface area contributed by atoms with Gasteiger partial charge in [0.2, 0.25) is 5.91 Å². The zero-order valence-electron chi connectivity index (χ0n) is 13.1. The van der Waals surface area contributed by atoms with Gasteiger partial charge in [-0.05, 0) is 49.5 Å². The molecular formula is C17H27N3O. The van der Waals surface area contributed by atoms with E-state index in [9.17, 15) is 4.79 Å². The van der Waals surface area contributed by atoms with Crippen molar-refractivity contribution in [1.29, 1.82) is 0 Å². The number of amides is 1. The van der Waals surface area contributed by atoms with Crippen LogP contribution >= 0.6 is 0 Å². The number of benzene rings is 1. The normalized spacial score (nSPS) is 17.3. The molecule has 0 atom stereocenters. The zero-order valence-corrected chi connectivity index (χ0v) is 13.1. The lowest BCUT2D eigenvalue weighted by molar-refractivity contribution is 0.1000. The van der Waals surface area contributed by atoms with Crippen molar-refractivity contribution in [3.63, 3.8) is 0 Å². The summed E-state index contributed by atoms with van der Waals surface area (Å²) < 4.78 is 0. The minimum absolute atomic E-state index is 0.362. The number of primary amides is 1. The number of carbonyl (C=O) groups excluding carboxylic acids is 1. The fourth-order valence-electron chi connectivity index (χ4n) is 2.93. The summed E-state index contributed by atoms with van der Waals surface area (Å²) in [5, 5.41) is 3.60. The van der Waals surface area contributed by atoms with Gasteiger partial charge < -0.3 is 16.0 Å². The second kappa shape index (κ2) is 7.57. The summed E-state index contributed by atoms with van der Waals surface area (Å²) in [4.78, 5) is 13.7. The van der Waals surface area contributed by atoms with E-state index in [2.05, 4.69) is 24.1 Å². The Morgan fingerprint density at radius 3 is 2.71 bits per heavy atom. The molecule has 0 radical (unpaired) electrons. The minimum Gasteiger partial charge on any atom is -0.366 e. The highest BCUT2D eigenvalue weighted by atomic mass is 16.1.